The predicted octanol–water partition coefficient (Wildman–Crippen LogP) is 15.9. The van der Waals surface area contributed by atoms with E-state index in [0.29, 0.717) is 22.6 Å². The maximum atomic E-state index is 9.65. The summed E-state index contributed by atoms with van der Waals surface area (Å²) < 4.78 is 70.1. The molecule has 14 rings (SSSR count). The van der Waals surface area contributed by atoms with Crippen molar-refractivity contribution in [1.29, 1.82) is 0 Å². The Bertz CT molecular complexity index is 4410. The molecule has 0 unspecified atom stereocenters. The van der Waals surface area contributed by atoms with E-state index in [1.807, 2.05) is 30.3 Å². The molecular formula is C62H39N5. The summed E-state index contributed by atoms with van der Waals surface area (Å²) in [5.41, 5.74) is 10.6. The number of para-hydroxylation sites is 6. The van der Waals surface area contributed by atoms with Crippen LogP contribution in [0.5, 0.6) is 0 Å². The van der Waals surface area contributed by atoms with Crippen LogP contribution in [0.4, 0.5) is 0 Å². The average Bonchev–Trinajstić information content (AvgIpc) is 4.09. The third-order valence-corrected chi connectivity index (χ3v) is 13.1. The molecule has 5 nitrogen and oxygen atoms in total. The van der Waals surface area contributed by atoms with E-state index in [1.54, 1.807) is 6.07 Å². The van der Waals surface area contributed by atoms with Gasteiger partial charge < -0.3 is 13.7 Å². The maximum Gasteiger partial charge on any atom is 0.160 e. The molecule has 0 spiro atoms. The first-order valence-corrected chi connectivity index (χ1v) is 22.3. The average molecular weight is 861 g/mol. The minimum Gasteiger partial charge on any atom is -0.307 e. The molecule has 0 aliphatic rings. The van der Waals surface area contributed by atoms with Crippen LogP contribution in [0.15, 0.2) is 236 Å². The molecule has 0 bridgehead atoms. The van der Waals surface area contributed by atoms with Gasteiger partial charge in [0.05, 0.1) is 71.1 Å². The number of hydrogen-bond acceptors (Lipinski definition) is 2. The van der Waals surface area contributed by atoms with E-state index in [4.69, 9.17) is 15.5 Å². The predicted molar refractivity (Wildman–Crippen MR) is 279 cm³/mol. The molecule has 0 atom stereocenters. The number of rotatable bonds is 6. The molecule has 4 heterocycles. The zero-order valence-electron chi connectivity index (χ0n) is 42.7. The molecule has 0 radical (unpaired) electrons. The number of aromatic nitrogens is 5. The van der Waals surface area contributed by atoms with Crippen molar-refractivity contribution in [2.75, 3.05) is 0 Å². The van der Waals surface area contributed by atoms with E-state index in [9.17, 15) is 4.11 Å². The number of fused-ring (bicyclic) bond motifs is 10. The second-order valence-electron chi connectivity index (χ2n) is 16.8. The van der Waals surface area contributed by atoms with Gasteiger partial charge in [0.25, 0.3) is 0 Å². The second-order valence-corrected chi connectivity index (χ2v) is 16.8. The number of benzene rings is 10. The third kappa shape index (κ3) is 5.75. The minimum atomic E-state index is -0.527. The van der Waals surface area contributed by atoms with Crippen LogP contribution < -0.4 is 0 Å². The summed E-state index contributed by atoms with van der Waals surface area (Å²) in [5.74, 6) is 0.307. The molecule has 0 saturated heterocycles. The highest BCUT2D eigenvalue weighted by Gasteiger charge is 2.26. The lowest BCUT2D eigenvalue weighted by Gasteiger charge is -2.23. The van der Waals surface area contributed by atoms with Crippen molar-refractivity contribution in [2.24, 2.45) is 0 Å². The molecule has 67 heavy (non-hydrogen) atoms. The van der Waals surface area contributed by atoms with Crippen LogP contribution in [0.2, 0.25) is 0 Å². The van der Waals surface area contributed by atoms with Gasteiger partial charge in [-0.2, -0.15) is 0 Å². The van der Waals surface area contributed by atoms with Crippen molar-refractivity contribution in [2.45, 2.75) is 0 Å². The molecule has 0 fully saturated rings. The fourth-order valence-corrected chi connectivity index (χ4v) is 10.2. The normalized spacial score (nSPS) is 13.3. The number of nitrogens with zero attached hydrogens (tertiary/aromatic N) is 5. The molecule has 0 N–H and O–H groups in total. The summed E-state index contributed by atoms with van der Waals surface area (Å²) in [7, 11) is 0. The molecule has 10 aromatic carbocycles. The summed E-state index contributed by atoms with van der Waals surface area (Å²) >= 11 is 0. The monoisotopic (exact) mass is 860 g/mol. The highest BCUT2D eigenvalue weighted by Crippen LogP contribution is 2.45. The third-order valence-electron chi connectivity index (χ3n) is 13.1. The molecular weight excluding hydrogens is 815 g/mol. The Morgan fingerprint density at radius 3 is 1.18 bits per heavy atom. The Morgan fingerprint density at radius 1 is 0.328 bits per heavy atom. The van der Waals surface area contributed by atoms with Gasteiger partial charge in [-0.15, -0.1) is 0 Å². The van der Waals surface area contributed by atoms with Gasteiger partial charge in [-0.05, 0) is 71.4 Å². The second kappa shape index (κ2) is 14.7. The Balaban J connectivity index is 1.19. The van der Waals surface area contributed by atoms with Crippen molar-refractivity contribution in [3.8, 4) is 51.0 Å². The molecule has 0 amide bonds. The zero-order valence-corrected chi connectivity index (χ0v) is 35.7. The van der Waals surface area contributed by atoms with Crippen molar-refractivity contribution in [1.82, 2.24) is 23.7 Å². The van der Waals surface area contributed by atoms with Crippen LogP contribution in [0.1, 0.15) is 9.60 Å². The smallest absolute Gasteiger partial charge is 0.160 e. The molecule has 0 aliphatic carbocycles. The van der Waals surface area contributed by atoms with Crippen LogP contribution >= 0.6 is 0 Å². The number of hydrogen-bond donors (Lipinski definition) is 0. The molecule has 0 saturated carbocycles. The Morgan fingerprint density at radius 2 is 0.716 bits per heavy atom. The van der Waals surface area contributed by atoms with Crippen LogP contribution in [0.3, 0.4) is 0 Å². The highest BCUT2D eigenvalue weighted by atomic mass is 15.1. The molecule has 4 aromatic heterocycles. The Kier molecular flexibility index (Phi) is 6.80. The van der Waals surface area contributed by atoms with Crippen molar-refractivity contribution < 1.29 is 9.60 Å². The minimum absolute atomic E-state index is 0.0412. The first-order valence-electron chi connectivity index (χ1n) is 25.8. The summed E-state index contributed by atoms with van der Waals surface area (Å²) in [6.45, 7) is 0. The van der Waals surface area contributed by atoms with Crippen molar-refractivity contribution in [3.63, 3.8) is 0 Å². The lowest BCUT2D eigenvalue weighted by atomic mass is 10.0. The van der Waals surface area contributed by atoms with Crippen LogP contribution in [-0.4, -0.2) is 23.7 Å². The van der Waals surface area contributed by atoms with Gasteiger partial charge in [0.2, 0.25) is 0 Å². The largest absolute Gasteiger partial charge is 0.307 e. The van der Waals surface area contributed by atoms with E-state index in [0.717, 1.165) is 82.5 Å². The fourth-order valence-electron chi connectivity index (χ4n) is 10.2. The van der Waals surface area contributed by atoms with Crippen LogP contribution in [0, 0.1) is 0 Å². The summed E-state index contributed by atoms with van der Waals surface area (Å²) in [5, 5.41) is 6.22. The van der Waals surface area contributed by atoms with E-state index in [1.165, 1.54) is 0 Å². The summed E-state index contributed by atoms with van der Waals surface area (Å²) in [6.07, 6.45) is 0. The molecule has 0 aliphatic heterocycles. The summed E-state index contributed by atoms with van der Waals surface area (Å²) in [6, 6.07) is 63.4. The molecule has 14 aromatic rings. The van der Waals surface area contributed by atoms with Crippen molar-refractivity contribution >= 4 is 76.2 Å². The van der Waals surface area contributed by atoms with Crippen molar-refractivity contribution in [3.05, 3.63) is 236 Å². The van der Waals surface area contributed by atoms with E-state index >= 15 is 0 Å². The van der Waals surface area contributed by atoms with E-state index in [-0.39, 0.29) is 34.1 Å². The highest BCUT2D eigenvalue weighted by molar-refractivity contribution is 6.14. The first kappa shape index (κ1) is 30.9. The maximum absolute atomic E-state index is 9.65. The van der Waals surface area contributed by atoms with Gasteiger partial charge in [-0.1, -0.05) is 176 Å². The van der Waals surface area contributed by atoms with E-state index in [2.05, 4.69) is 171 Å². The quantitative estimate of drug-likeness (QED) is 0.167. The van der Waals surface area contributed by atoms with E-state index < -0.39 is 30.2 Å². The first-order chi connectivity index (χ1) is 36.2. The fraction of sp³-hybridized carbons (Fsp3) is 0. The standard InChI is InChI=1S/C62H39N5/c1-2-19-41(20-3-1)62-63-51(43-35-34-40-18-4-5-21-42(40)36-43)39-52(64-62)44-37-59(65-53-28-12-6-22-45(53)46-23-7-13-29-54(46)65)61(67-57-32-16-10-26-49(57)50-27-11-17-33-58(50)67)60(38-44)66-55-30-14-8-24-47(55)48-25-9-15-31-56(48)66/h1-39H/i4D,5D,18D,21D,34D,35D,36D. The SMILES string of the molecule is [2H]c1c([2H])c([2H])c2c([2H])c(-c3cc(-c4cc(-n5c6ccccc6c6ccccc65)c(-n5c6ccccc6c6ccccc65)c(-n5c6ccccc6c6ccccc65)c4)nc(-c4ccccc4)n3)c([2H])c([2H])c2c1[2H]. The lowest BCUT2D eigenvalue weighted by Crippen LogP contribution is -2.10. The van der Waals surface area contributed by atoms with Gasteiger partial charge in [0.1, 0.15) is 0 Å². The van der Waals surface area contributed by atoms with Gasteiger partial charge >= 0.3 is 0 Å². The zero-order chi connectivity index (χ0) is 50.1. The van der Waals surface area contributed by atoms with Crippen LogP contribution in [0.25, 0.3) is 127 Å². The van der Waals surface area contributed by atoms with Crippen LogP contribution in [-0.2, 0) is 0 Å². The van der Waals surface area contributed by atoms with Gasteiger partial charge in [-0.3, -0.25) is 0 Å². The van der Waals surface area contributed by atoms with Gasteiger partial charge in [0, 0.05) is 49.0 Å². The lowest BCUT2D eigenvalue weighted by molar-refractivity contribution is 1.05. The van der Waals surface area contributed by atoms with Gasteiger partial charge in [-0.25, -0.2) is 9.97 Å². The molecule has 312 valence electrons. The Hall–Kier alpha value is -9.06. The molecule has 5 heteroatoms. The summed E-state index contributed by atoms with van der Waals surface area (Å²) in [4.78, 5) is 10.4. The Labute approximate surface area is 395 Å². The van der Waals surface area contributed by atoms with Gasteiger partial charge in [0.15, 0.2) is 5.82 Å². The topological polar surface area (TPSA) is 40.6 Å².